The summed E-state index contributed by atoms with van der Waals surface area (Å²) in [6.45, 7) is 7.00. The van der Waals surface area contributed by atoms with E-state index in [2.05, 4.69) is 9.88 Å². The number of rotatable bonds is 4. The van der Waals surface area contributed by atoms with Crippen LogP contribution in [0.1, 0.15) is 50.9 Å². The van der Waals surface area contributed by atoms with E-state index in [0.29, 0.717) is 13.1 Å². The molecule has 3 amide bonds. The number of benzene rings is 1. The first-order valence-corrected chi connectivity index (χ1v) is 10.5. The quantitative estimate of drug-likeness (QED) is 0.835. The molecular formula is C23H29FN4O2. The number of halogens is 1. The summed E-state index contributed by atoms with van der Waals surface area (Å²) in [5.74, 6) is -0.444. The Hall–Kier alpha value is -2.83. The predicted octanol–water partition coefficient (Wildman–Crippen LogP) is 3.53. The number of urea groups is 1. The van der Waals surface area contributed by atoms with Crippen molar-refractivity contribution in [1.82, 2.24) is 19.7 Å². The van der Waals surface area contributed by atoms with E-state index in [-0.39, 0.29) is 41.9 Å². The van der Waals surface area contributed by atoms with Crippen LogP contribution in [-0.4, -0.2) is 51.0 Å². The van der Waals surface area contributed by atoms with Crippen LogP contribution in [0.5, 0.6) is 0 Å². The topological polar surface area (TPSA) is 57.6 Å². The number of nitrogens with zero attached hydrogens (tertiary/aromatic N) is 3. The molecule has 1 saturated carbocycles. The van der Waals surface area contributed by atoms with Crippen LogP contribution < -0.4 is 5.32 Å². The molecule has 1 atom stereocenters. The lowest BCUT2D eigenvalue weighted by Crippen LogP contribution is -2.53. The van der Waals surface area contributed by atoms with Gasteiger partial charge in [0.2, 0.25) is 5.91 Å². The Bertz CT molecular complexity index is 945. The van der Waals surface area contributed by atoms with Gasteiger partial charge in [-0.15, -0.1) is 0 Å². The second kappa shape index (κ2) is 7.78. The standard InChI is InChI=1S/C23H29FN4O2/c1-23(2,3)25-22(30)28(18-9-10-18)15-20(29)27-13-12-26-11-5-8-19(26)21(27)16-6-4-7-17(24)14-16/h4-8,11,14,18,21H,9-10,12-13,15H2,1-3H3,(H,25,30)/t21-/m1/s1. The second-order valence-electron chi connectivity index (χ2n) is 9.21. The van der Waals surface area contributed by atoms with E-state index in [9.17, 15) is 14.0 Å². The fraction of sp³-hybridized carbons (Fsp3) is 0.478. The Morgan fingerprint density at radius 1 is 1.17 bits per heavy atom. The summed E-state index contributed by atoms with van der Waals surface area (Å²) in [5, 5.41) is 2.97. The summed E-state index contributed by atoms with van der Waals surface area (Å²) in [4.78, 5) is 29.7. The highest BCUT2D eigenvalue weighted by Gasteiger charge is 2.38. The number of fused-ring (bicyclic) bond motifs is 1. The van der Waals surface area contributed by atoms with Gasteiger partial charge in [0, 0.05) is 36.6 Å². The number of nitrogens with one attached hydrogen (secondary N) is 1. The van der Waals surface area contributed by atoms with Crippen LogP contribution in [0, 0.1) is 5.82 Å². The molecule has 7 heteroatoms. The highest BCUT2D eigenvalue weighted by atomic mass is 19.1. The summed E-state index contributed by atoms with van der Waals surface area (Å²) in [5.41, 5.74) is 1.32. The number of amides is 3. The molecule has 1 aliphatic carbocycles. The Balaban J connectivity index is 1.59. The molecule has 1 aromatic carbocycles. The predicted molar refractivity (Wildman–Crippen MR) is 112 cm³/mol. The zero-order valence-electron chi connectivity index (χ0n) is 17.8. The van der Waals surface area contributed by atoms with Crippen molar-refractivity contribution in [3.05, 3.63) is 59.7 Å². The molecule has 160 valence electrons. The third-order valence-corrected chi connectivity index (χ3v) is 5.56. The van der Waals surface area contributed by atoms with Crippen molar-refractivity contribution in [3.8, 4) is 0 Å². The molecule has 4 rings (SSSR count). The van der Waals surface area contributed by atoms with Crippen molar-refractivity contribution in [2.75, 3.05) is 13.1 Å². The van der Waals surface area contributed by atoms with E-state index in [0.717, 1.165) is 24.1 Å². The molecule has 6 nitrogen and oxygen atoms in total. The Morgan fingerprint density at radius 3 is 2.60 bits per heavy atom. The zero-order chi connectivity index (χ0) is 21.5. The van der Waals surface area contributed by atoms with Gasteiger partial charge in [0.1, 0.15) is 12.4 Å². The fourth-order valence-corrected chi connectivity index (χ4v) is 4.06. The second-order valence-corrected chi connectivity index (χ2v) is 9.21. The third kappa shape index (κ3) is 4.35. The van der Waals surface area contributed by atoms with E-state index >= 15 is 0 Å². The summed E-state index contributed by atoms with van der Waals surface area (Å²) < 4.78 is 16.1. The van der Waals surface area contributed by atoms with Gasteiger partial charge < -0.3 is 19.7 Å². The van der Waals surface area contributed by atoms with Gasteiger partial charge in [0.25, 0.3) is 0 Å². The molecule has 2 heterocycles. The first-order valence-electron chi connectivity index (χ1n) is 10.5. The lowest BCUT2D eigenvalue weighted by molar-refractivity contribution is -0.134. The van der Waals surface area contributed by atoms with Gasteiger partial charge in [-0.25, -0.2) is 9.18 Å². The number of carbonyl (C=O) groups is 2. The highest BCUT2D eigenvalue weighted by molar-refractivity contribution is 5.85. The van der Waals surface area contributed by atoms with Crippen LogP contribution >= 0.6 is 0 Å². The number of hydrogen-bond acceptors (Lipinski definition) is 2. The average molecular weight is 413 g/mol. The molecule has 0 radical (unpaired) electrons. The number of carbonyl (C=O) groups excluding carboxylic acids is 2. The van der Waals surface area contributed by atoms with E-state index in [1.165, 1.54) is 12.1 Å². The van der Waals surface area contributed by atoms with Crippen LogP contribution in [0.4, 0.5) is 9.18 Å². The lowest BCUT2D eigenvalue weighted by atomic mass is 9.99. The minimum absolute atomic E-state index is 0.0269. The maximum atomic E-state index is 14.0. The van der Waals surface area contributed by atoms with Gasteiger partial charge in [0.05, 0.1) is 6.04 Å². The normalized spacial score (nSPS) is 18.7. The van der Waals surface area contributed by atoms with Crippen LogP contribution in [0.3, 0.4) is 0 Å². The maximum Gasteiger partial charge on any atom is 0.318 e. The highest BCUT2D eigenvalue weighted by Crippen LogP contribution is 2.34. The molecule has 1 aliphatic heterocycles. The average Bonchev–Trinajstić information content (AvgIpc) is 3.39. The van der Waals surface area contributed by atoms with Gasteiger partial charge in [-0.2, -0.15) is 0 Å². The molecular weight excluding hydrogens is 383 g/mol. The molecule has 30 heavy (non-hydrogen) atoms. The third-order valence-electron chi connectivity index (χ3n) is 5.56. The molecule has 0 spiro atoms. The largest absolute Gasteiger partial charge is 0.348 e. The van der Waals surface area contributed by atoms with Crippen LogP contribution in [-0.2, 0) is 11.3 Å². The molecule has 2 aliphatic rings. The van der Waals surface area contributed by atoms with Gasteiger partial charge >= 0.3 is 6.03 Å². The van der Waals surface area contributed by atoms with Gasteiger partial charge in [-0.05, 0) is 63.4 Å². The smallest absolute Gasteiger partial charge is 0.318 e. The van der Waals surface area contributed by atoms with Crippen molar-refractivity contribution in [3.63, 3.8) is 0 Å². The molecule has 0 saturated heterocycles. The SMILES string of the molecule is CC(C)(C)NC(=O)N(CC(=O)N1CCn2cccc2[C@H]1c1cccc(F)c1)C1CC1. The summed E-state index contributed by atoms with van der Waals surface area (Å²) in [7, 11) is 0. The molecule has 0 unspecified atom stereocenters. The summed E-state index contributed by atoms with van der Waals surface area (Å²) in [6, 6.07) is 9.86. The Morgan fingerprint density at radius 2 is 1.93 bits per heavy atom. The Kier molecular flexibility index (Phi) is 5.30. The summed E-state index contributed by atoms with van der Waals surface area (Å²) >= 11 is 0. The van der Waals surface area contributed by atoms with Crippen LogP contribution in [0.15, 0.2) is 42.6 Å². The summed E-state index contributed by atoms with van der Waals surface area (Å²) in [6.07, 6.45) is 3.82. The van der Waals surface area contributed by atoms with E-state index in [1.54, 1.807) is 15.9 Å². The minimum atomic E-state index is -0.372. The molecule has 0 bridgehead atoms. The zero-order valence-corrected chi connectivity index (χ0v) is 17.8. The monoisotopic (exact) mass is 412 g/mol. The van der Waals surface area contributed by atoms with Crippen molar-refractivity contribution < 1.29 is 14.0 Å². The maximum absolute atomic E-state index is 14.0. The minimum Gasteiger partial charge on any atom is -0.348 e. The van der Waals surface area contributed by atoms with Crippen molar-refractivity contribution in [2.45, 2.75) is 57.8 Å². The van der Waals surface area contributed by atoms with E-state index in [4.69, 9.17) is 0 Å². The number of aromatic nitrogens is 1. The van der Waals surface area contributed by atoms with E-state index in [1.807, 2.05) is 45.2 Å². The molecule has 1 fully saturated rings. The van der Waals surface area contributed by atoms with Crippen molar-refractivity contribution in [2.24, 2.45) is 0 Å². The first-order chi connectivity index (χ1) is 14.2. The molecule has 1 N–H and O–H groups in total. The van der Waals surface area contributed by atoms with Crippen LogP contribution in [0.2, 0.25) is 0 Å². The van der Waals surface area contributed by atoms with Gasteiger partial charge in [0.15, 0.2) is 0 Å². The molecule has 2 aromatic rings. The van der Waals surface area contributed by atoms with Crippen LogP contribution in [0.25, 0.3) is 0 Å². The van der Waals surface area contributed by atoms with Gasteiger partial charge in [-0.3, -0.25) is 4.79 Å². The fourth-order valence-electron chi connectivity index (χ4n) is 4.06. The molecule has 1 aromatic heterocycles. The van der Waals surface area contributed by atoms with Gasteiger partial charge in [-0.1, -0.05) is 12.1 Å². The number of hydrogen-bond donors (Lipinski definition) is 1. The lowest BCUT2D eigenvalue weighted by Gasteiger charge is -2.38. The van der Waals surface area contributed by atoms with Crippen molar-refractivity contribution >= 4 is 11.9 Å². The Labute approximate surface area is 176 Å². The van der Waals surface area contributed by atoms with E-state index < -0.39 is 0 Å². The van der Waals surface area contributed by atoms with Crippen molar-refractivity contribution in [1.29, 1.82) is 0 Å². The first kappa shape index (κ1) is 20.4.